The van der Waals surface area contributed by atoms with Crippen LogP contribution in [-0.2, 0) is 0 Å². The fraction of sp³-hybridized carbons (Fsp3) is 0.176. The van der Waals surface area contributed by atoms with Crippen LogP contribution in [0.5, 0.6) is 17.2 Å². The second-order valence-electron chi connectivity index (χ2n) is 5.15. The van der Waals surface area contributed by atoms with Crippen LogP contribution in [0.1, 0.15) is 22.8 Å². The summed E-state index contributed by atoms with van der Waals surface area (Å²) in [6, 6.07) is 9.99. The van der Waals surface area contributed by atoms with Gasteiger partial charge in [-0.2, -0.15) is 4.74 Å². The van der Waals surface area contributed by atoms with E-state index in [-0.39, 0.29) is 24.0 Å². The Balaban J connectivity index is 1.77. The van der Waals surface area contributed by atoms with Crippen molar-refractivity contribution in [3.63, 3.8) is 0 Å². The van der Waals surface area contributed by atoms with Gasteiger partial charge in [-0.25, -0.2) is 0 Å². The number of hydrogen-bond donors (Lipinski definition) is 0. The van der Waals surface area contributed by atoms with E-state index in [1.54, 1.807) is 36.4 Å². The molecule has 2 aliphatic rings. The van der Waals surface area contributed by atoms with Crippen molar-refractivity contribution in [2.75, 3.05) is 13.4 Å². The summed E-state index contributed by atoms with van der Waals surface area (Å²) in [5.74, 6) is 1.33. The minimum atomic E-state index is -0.322. The number of rotatable bonds is 3. The molecule has 2 aliphatic heterocycles. The Morgan fingerprint density at radius 2 is 1.87 bits per heavy atom. The van der Waals surface area contributed by atoms with E-state index in [1.807, 2.05) is 6.92 Å². The van der Waals surface area contributed by atoms with Gasteiger partial charge in [-0.05, 0) is 31.2 Å². The van der Waals surface area contributed by atoms with Gasteiger partial charge in [0.1, 0.15) is 11.3 Å². The second-order valence-corrected chi connectivity index (χ2v) is 5.15. The molecule has 0 bridgehead atoms. The van der Waals surface area contributed by atoms with Crippen LogP contribution in [0.25, 0.3) is 0 Å². The summed E-state index contributed by atoms with van der Waals surface area (Å²) < 4.78 is 16.6. The molecule has 0 N–H and O–H groups in total. The molecule has 2 heterocycles. The highest BCUT2D eigenvalue weighted by molar-refractivity contribution is 6.52. The van der Waals surface area contributed by atoms with Gasteiger partial charge in [0.2, 0.25) is 12.5 Å². The van der Waals surface area contributed by atoms with Gasteiger partial charge in [-0.1, -0.05) is 0 Å². The largest absolute Gasteiger partial charge is 0.618 e. The summed E-state index contributed by atoms with van der Waals surface area (Å²) in [6.45, 7) is 2.54. The highest BCUT2D eigenvalue weighted by Gasteiger charge is 2.38. The standard InChI is InChI=1S/C17H13NO5/c1-2-21-11-5-3-10(4-6-11)16-17(19)12-7-14-15(23-9-22-14)8-13(12)18(16)20/h3-8H,2,9H2,1H3. The average molecular weight is 311 g/mol. The van der Waals surface area contributed by atoms with Crippen LogP contribution in [-0.4, -0.2) is 29.6 Å². The number of ketones is 1. The lowest BCUT2D eigenvalue weighted by Gasteiger charge is -2.04. The first-order chi connectivity index (χ1) is 11.2. The van der Waals surface area contributed by atoms with Crippen molar-refractivity contribution in [1.29, 1.82) is 0 Å². The van der Waals surface area contributed by atoms with Crippen LogP contribution in [0.3, 0.4) is 0 Å². The van der Waals surface area contributed by atoms with E-state index in [4.69, 9.17) is 14.2 Å². The highest BCUT2D eigenvalue weighted by atomic mass is 16.7. The first-order valence-electron chi connectivity index (χ1n) is 7.25. The third kappa shape index (κ3) is 2.03. The molecule has 0 fully saturated rings. The summed E-state index contributed by atoms with van der Waals surface area (Å²) in [6.07, 6.45) is 0. The molecule has 6 nitrogen and oxygen atoms in total. The van der Waals surface area contributed by atoms with Crippen molar-refractivity contribution in [2.45, 2.75) is 6.92 Å². The number of hydrogen-bond acceptors (Lipinski definition) is 5. The monoisotopic (exact) mass is 311 g/mol. The Bertz CT molecular complexity index is 839. The fourth-order valence-electron chi connectivity index (χ4n) is 2.75. The quantitative estimate of drug-likeness (QED) is 0.644. The zero-order valence-electron chi connectivity index (χ0n) is 12.4. The van der Waals surface area contributed by atoms with Gasteiger partial charge < -0.3 is 19.4 Å². The molecule has 0 aromatic heterocycles. The van der Waals surface area contributed by atoms with Gasteiger partial charge >= 0.3 is 0 Å². The van der Waals surface area contributed by atoms with E-state index in [0.29, 0.717) is 39.7 Å². The molecule has 0 aliphatic carbocycles. The molecule has 2 aromatic rings. The Hall–Kier alpha value is -3.02. The lowest BCUT2D eigenvalue weighted by Crippen LogP contribution is -2.16. The Morgan fingerprint density at radius 1 is 1.17 bits per heavy atom. The Kier molecular flexibility index (Phi) is 2.97. The summed E-state index contributed by atoms with van der Waals surface area (Å²) >= 11 is 0. The summed E-state index contributed by atoms with van der Waals surface area (Å²) in [5, 5.41) is 12.5. The zero-order valence-corrected chi connectivity index (χ0v) is 12.4. The van der Waals surface area contributed by atoms with E-state index in [2.05, 4.69) is 0 Å². The van der Waals surface area contributed by atoms with Gasteiger partial charge in [-0.15, -0.1) is 0 Å². The van der Waals surface area contributed by atoms with E-state index in [9.17, 15) is 10.0 Å². The lowest BCUT2D eigenvalue weighted by molar-refractivity contribution is -0.355. The minimum Gasteiger partial charge on any atom is -0.618 e. The van der Waals surface area contributed by atoms with Crippen molar-refractivity contribution < 1.29 is 23.7 Å². The molecule has 116 valence electrons. The van der Waals surface area contributed by atoms with E-state index in [0.717, 1.165) is 0 Å². The maximum absolute atomic E-state index is 12.6. The third-order valence-corrected chi connectivity index (χ3v) is 3.81. The van der Waals surface area contributed by atoms with E-state index in [1.165, 1.54) is 0 Å². The van der Waals surface area contributed by atoms with Gasteiger partial charge in [-0.3, -0.25) is 4.79 Å². The van der Waals surface area contributed by atoms with Gasteiger partial charge in [0.15, 0.2) is 11.5 Å². The van der Waals surface area contributed by atoms with Gasteiger partial charge in [0, 0.05) is 6.07 Å². The number of Topliss-reactive ketones (excluding diaryl/α,β-unsaturated/α-hetero) is 1. The maximum Gasteiger partial charge on any atom is 0.272 e. The molecule has 0 saturated heterocycles. The van der Waals surface area contributed by atoms with Crippen molar-refractivity contribution in [1.82, 2.24) is 0 Å². The smallest absolute Gasteiger partial charge is 0.272 e. The molecule has 2 aromatic carbocycles. The Labute approximate surface area is 132 Å². The predicted molar refractivity (Wildman–Crippen MR) is 81.9 cm³/mol. The van der Waals surface area contributed by atoms with E-state index >= 15 is 0 Å². The first-order valence-corrected chi connectivity index (χ1v) is 7.25. The van der Waals surface area contributed by atoms with Crippen molar-refractivity contribution >= 4 is 17.2 Å². The van der Waals surface area contributed by atoms with E-state index < -0.39 is 0 Å². The third-order valence-electron chi connectivity index (χ3n) is 3.81. The van der Waals surface area contributed by atoms with Crippen molar-refractivity contribution in [2.24, 2.45) is 0 Å². The van der Waals surface area contributed by atoms with Gasteiger partial charge in [0.05, 0.1) is 18.2 Å². The fourth-order valence-corrected chi connectivity index (χ4v) is 2.75. The van der Waals surface area contributed by atoms with Crippen molar-refractivity contribution in [3.05, 3.63) is 52.7 Å². The molecule has 6 heteroatoms. The van der Waals surface area contributed by atoms with Crippen LogP contribution in [0.15, 0.2) is 36.4 Å². The second kappa shape index (κ2) is 5.01. The lowest BCUT2D eigenvalue weighted by atomic mass is 10.0. The van der Waals surface area contributed by atoms with Crippen LogP contribution < -0.4 is 14.2 Å². The summed E-state index contributed by atoms with van der Waals surface area (Å²) in [7, 11) is 0. The number of benzene rings is 2. The molecular weight excluding hydrogens is 298 g/mol. The zero-order chi connectivity index (χ0) is 16.0. The summed E-state index contributed by atoms with van der Waals surface area (Å²) in [5.41, 5.74) is 1.25. The molecular formula is C17H13NO5. The highest BCUT2D eigenvalue weighted by Crippen LogP contribution is 2.40. The average Bonchev–Trinajstić information content (AvgIpc) is 3.11. The molecule has 0 spiro atoms. The van der Waals surface area contributed by atoms with Crippen LogP contribution in [0.2, 0.25) is 0 Å². The molecule has 0 saturated carbocycles. The normalized spacial score (nSPS) is 15.1. The topological polar surface area (TPSA) is 70.8 Å². The number of carbonyl (C=O) groups excluding carboxylic acids is 1. The first kappa shape index (κ1) is 13.6. The SMILES string of the molecule is CCOc1ccc(C2=[N+]([O-])c3cc4c(cc3C2=O)OCO4)cc1. The Morgan fingerprint density at radius 3 is 2.57 bits per heavy atom. The molecule has 0 radical (unpaired) electrons. The van der Waals surface area contributed by atoms with Crippen LogP contribution >= 0.6 is 0 Å². The molecule has 0 amide bonds. The van der Waals surface area contributed by atoms with Crippen molar-refractivity contribution in [3.8, 4) is 17.2 Å². The molecule has 4 rings (SSSR count). The predicted octanol–water partition coefficient (Wildman–Crippen LogP) is 2.64. The minimum absolute atomic E-state index is 0.0896. The summed E-state index contributed by atoms with van der Waals surface area (Å²) in [4.78, 5) is 12.6. The number of fused-ring (bicyclic) bond motifs is 2. The molecule has 0 unspecified atom stereocenters. The number of ether oxygens (including phenoxy) is 3. The molecule has 23 heavy (non-hydrogen) atoms. The van der Waals surface area contributed by atoms with Crippen LogP contribution in [0.4, 0.5) is 5.69 Å². The van der Waals surface area contributed by atoms with Crippen LogP contribution in [0, 0.1) is 5.21 Å². The van der Waals surface area contributed by atoms with Gasteiger partial charge in [0.25, 0.3) is 11.5 Å². The number of carbonyl (C=O) groups is 1. The number of nitrogens with zero attached hydrogens (tertiary/aromatic N) is 1. The maximum atomic E-state index is 12.6. The molecule has 0 atom stereocenters.